The first-order chi connectivity index (χ1) is 18.5. The minimum Gasteiger partial charge on any atom is -0.505 e. The summed E-state index contributed by atoms with van der Waals surface area (Å²) < 4.78 is 50.9. The second kappa shape index (κ2) is 15.8. The number of aliphatic hydroxyl groups is 2. The van der Waals surface area contributed by atoms with Gasteiger partial charge in [0, 0.05) is 23.5 Å². The van der Waals surface area contributed by atoms with E-state index in [-0.39, 0.29) is 35.8 Å². The Hall–Kier alpha value is -2.28. The van der Waals surface area contributed by atoms with Gasteiger partial charge in [0.25, 0.3) is 0 Å². The Labute approximate surface area is 229 Å². The maximum atomic E-state index is 10.7. The van der Waals surface area contributed by atoms with Crippen molar-refractivity contribution in [2.24, 2.45) is 0 Å². The molecule has 0 saturated heterocycles. The molecule has 25 heteroatoms. The average molecular weight is 672 g/mol. The molecule has 0 radical (unpaired) electrons. The molecule has 41 heavy (non-hydrogen) atoms. The van der Waals surface area contributed by atoms with Gasteiger partial charge in [-0.15, -0.1) is 0 Å². The first-order valence-electron chi connectivity index (χ1n) is 9.90. The van der Waals surface area contributed by atoms with Gasteiger partial charge in [0.15, 0.2) is 12.6 Å². The molecule has 2 aromatic heterocycles. The lowest BCUT2D eigenvalue weighted by atomic mass is 10.1. The van der Waals surface area contributed by atoms with Crippen LogP contribution in [0.1, 0.15) is 43.2 Å². The fourth-order valence-electron chi connectivity index (χ4n) is 2.25. The van der Waals surface area contributed by atoms with Crippen molar-refractivity contribution in [3.8, 4) is 11.5 Å². The molecule has 0 spiro atoms. The van der Waals surface area contributed by atoms with Gasteiger partial charge in [0.1, 0.15) is 11.5 Å². The molecule has 232 valence electrons. The Morgan fingerprint density at radius 1 is 0.659 bits per heavy atom. The van der Waals surface area contributed by atoms with E-state index < -0.39 is 31.3 Å². The number of nitrogens with zero attached hydrogens (tertiary/aromatic N) is 2. The van der Waals surface area contributed by atoms with Crippen LogP contribution in [0.2, 0.25) is 0 Å². The van der Waals surface area contributed by atoms with Crippen LogP contribution in [0.15, 0.2) is 12.4 Å². The van der Waals surface area contributed by atoms with Crippen molar-refractivity contribution >= 4 is 43.9 Å². The predicted molar refractivity (Wildman–Crippen MR) is 131 cm³/mol. The zero-order valence-electron chi connectivity index (χ0n) is 20.6. The Morgan fingerprint density at radius 2 is 0.951 bits per heavy atom. The smallest absolute Gasteiger partial charge is 0.490 e. The van der Waals surface area contributed by atoms with Gasteiger partial charge >= 0.3 is 31.3 Å². The van der Waals surface area contributed by atoms with E-state index in [0.717, 1.165) is 0 Å². The molecule has 0 aliphatic heterocycles. The van der Waals surface area contributed by atoms with Crippen LogP contribution in [0, 0.1) is 13.8 Å². The number of rotatable bonds is 10. The molecule has 0 fully saturated rings. The number of aromatic nitrogens is 2. The summed E-state index contributed by atoms with van der Waals surface area (Å²) in [6.07, 6.45) is 3.77. The normalized spacial score (nSPS) is 14.3. The van der Waals surface area contributed by atoms with E-state index >= 15 is 0 Å². The van der Waals surface area contributed by atoms with Crippen LogP contribution >= 0.6 is 31.3 Å². The van der Waals surface area contributed by atoms with Gasteiger partial charge in [0.2, 0.25) is 0 Å². The number of hydrogen-bond acceptors (Lipinski definition) is 15. The van der Waals surface area contributed by atoms with Crippen molar-refractivity contribution in [3.63, 3.8) is 0 Å². The van der Waals surface area contributed by atoms with E-state index in [9.17, 15) is 38.1 Å². The lowest BCUT2D eigenvalue weighted by Crippen LogP contribution is -1.96. The lowest BCUT2D eigenvalue weighted by molar-refractivity contribution is 0.111. The van der Waals surface area contributed by atoms with Gasteiger partial charge in [-0.2, -0.15) is 12.9 Å². The number of hydrogen-bond donors (Lipinski definition) is 10. The minimum absolute atomic E-state index is 0.116. The average Bonchev–Trinajstić information content (AvgIpc) is 2.79. The van der Waals surface area contributed by atoms with Crippen LogP contribution in [0.5, 0.6) is 11.5 Å². The zero-order valence-corrected chi connectivity index (χ0v) is 24.1. The third-order valence-electron chi connectivity index (χ3n) is 3.92. The topological polar surface area (TPSA) is 358 Å². The third-order valence-corrected chi connectivity index (χ3v) is 8.92. The second-order valence-corrected chi connectivity index (χ2v) is 12.8. The van der Waals surface area contributed by atoms with E-state index in [1.807, 2.05) is 0 Å². The Kier molecular flexibility index (Phi) is 14.9. The van der Waals surface area contributed by atoms with E-state index in [2.05, 4.69) is 22.9 Å². The summed E-state index contributed by atoms with van der Waals surface area (Å²) in [5, 5.41) is 36.1. The molecule has 0 amide bonds. The van der Waals surface area contributed by atoms with Crippen LogP contribution in [0.25, 0.3) is 0 Å². The lowest BCUT2D eigenvalue weighted by Gasteiger charge is -2.15. The summed E-state index contributed by atoms with van der Waals surface area (Å²) in [6.45, 7) is 2.58. The molecular weight excluding hydrogens is 648 g/mol. The fraction of sp³-hybridized carbons (Fsp3) is 0.250. The molecule has 0 bridgehead atoms. The first kappa shape index (κ1) is 38.7. The zero-order chi connectivity index (χ0) is 32.4. The van der Waals surface area contributed by atoms with Crippen LogP contribution < -0.4 is 0 Å². The van der Waals surface area contributed by atoms with E-state index in [0.29, 0.717) is 35.1 Å². The number of carbonyl (C=O) groups excluding carboxylic acids is 2. The number of aliphatic hydroxyl groups excluding tert-OH is 2. The molecule has 0 aromatic carbocycles. The van der Waals surface area contributed by atoms with Crippen molar-refractivity contribution < 1.29 is 90.6 Å². The Bertz CT molecular complexity index is 1310. The number of aryl methyl sites for hydroxylation is 2. The molecule has 0 aliphatic carbocycles. The van der Waals surface area contributed by atoms with Gasteiger partial charge in [-0.3, -0.25) is 19.6 Å². The number of aromatic hydroxyl groups is 2. The number of aldehydes is 2. The maximum Gasteiger partial charge on any atom is 0.490 e. The summed E-state index contributed by atoms with van der Waals surface area (Å²) in [4.78, 5) is 77.9. The second-order valence-electron chi connectivity index (χ2n) is 6.98. The highest BCUT2D eigenvalue weighted by Gasteiger charge is 2.43. The van der Waals surface area contributed by atoms with Crippen molar-refractivity contribution in [2.45, 2.75) is 27.1 Å². The summed E-state index contributed by atoms with van der Waals surface area (Å²) in [5.41, 5.74) is 1.68. The van der Waals surface area contributed by atoms with E-state index in [1.165, 1.54) is 12.4 Å². The van der Waals surface area contributed by atoms with Crippen molar-refractivity contribution in [2.75, 3.05) is 0 Å². The van der Waals surface area contributed by atoms with Gasteiger partial charge in [-0.05, 0) is 13.8 Å². The highest BCUT2D eigenvalue weighted by molar-refractivity contribution is 7.69. The van der Waals surface area contributed by atoms with Crippen LogP contribution in [-0.2, 0) is 44.4 Å². The molecule has 2 rings (SSSR count). The van der Waals surface area contributed by atoms with E-state index in [4.69, 9.17) is 39.6 Å². The predicted octanol–water partition coefficient (Wildman–Crippen LogP) is 0.223. The molecule has 10 N–H and O–H groups in total. The molecule has 21 nitrogen and oxygen atoms in total. The molecule has 0 aliphatic rings. The first-order valence-corrected chi connectivity index (χ1v) is 16.0. The number of carbonyl (C=O) groups is 2. The van der Waals surface area contributed by atoms with Gasteiger partial charge in [0.05, 0.1) is 35.7 Å². The van der Waals surface area contributed by atoms with Crippen LogP contribution in [0.3, 0.4) is 0 Å². The summed E-state index contributed by atoms with van der Waals surface area (Å²) in [7, 11) is -22.6. The highest BCUT2D eigenvalue weighted by atomic mass is 31.3. The van der Waals surface area contributed by atoms with Crippen molar-refractivity contribution in [3.05, 3.63) is 46.0 Å². The molecule has 0 saturated carbocycles. The fourth-order valence-corrected chi connectivity index (χ4v) is 6.22. The van der Waals surface area contributed by atoms with Crippen LogP contribution in [-0.4, -0.2) is 72.3 Å². The molecule has 2 heterocycles. The van der Waals surface area contributed by atoms with Crippen molar-refractivity contribution in [1.29, 1.82) is 0 Å². The third kappa shape index (κ3) is 14.4. The standard InChI is InChI=1S/2C8H9NO3.H6O13P4/c2*1-5-8(12)7(4-11)6(3-10)2-9-5;1-14(2,3)11-16(7,8)13-17(9,10)12-15(4,5)6/h2*2,4,10,12H,3H2,1H3;(H,7,8)(H,9,10)(H2,1,2,3)(H2,4,5,6). The van der Waals surface area contributed by atoms with Gasteiger partial charge in [-0.1, -0.05) is 0 Å². The SMILES string of the molecule is Cc1ncc(CO)c(C=O)c1O.Cc1ncc(CO)c(C=O)c1O.O=P(O)(O)OP(=O)(O)OP(=O)(O)OP(=O)(O)O. The minimum atomic E-state index is -5.77. The largest absolute Gasteiger partial charge is 0.505 e. The monoisotopic (exact) mass is 672 g/mol. The molecular formula is C16H24N2O19P4. The van der Waals surface area contributed by atoms with Gasteiger partial charge in [-0.25, -0.2) is 18.3 Å². The summed E-state index contributed by atoms with van der Waals surface area (Å²) in [6, 6.07) is 0. The summed E-state index contributed by atoms with van der Waals surface area (Å²) >= 11 is 0. The quantitative estimate of drug-likeness (QED) is 0.119. The van der Waals surface area contributed by atoms with Gasteiger partial charge < -0.3 is 49.8 Å². The summed E-state index contributed by atoms with van der Waals surface area (Å²) in [5.74, 6) is -0.312. The Morgan fingerprint density at radius 3 is 1.17 bits per heavy atom. The number of phosphoric acid groups is 4. The number of pyridine rings is 2. The highest BCUT2D eigenvalue weighted by Crippen LogP contribution is 2.69. The van der Waals surface area contributed by atoms with Crippen molar-refractivity contribution in [1.82, 2.24) is 9.97 Å². The van der Waals surface area contributed by atoms with E-state index in [1.54, 1.807) is 13.8 Å². The molecule has 2 unspecified atom stereocenters. The Balaban J connectivity index is 0.000000598. The molecule has 2 aromatic rings. The molecule has 2 atom stereocenters. The maximum absolute atomic E-state index is 10.7. The van der Waals surface area contributed by atoms with Crippen LogP contribution in [0.4, 0.5) is 0 Å².